The van der Waals surface area contributed by atoms with Gasteiger partial charge in [-0.1, -0.05) is 43.5 Å². The summed E-state index contributed by atoms with van der Waals surface area (Å²) in [5, 5.41) is 10.9. The first kappa shape index (κ1) is 50.3. The van der Waals surface area contributed by atoms with Crippen molar-refractivity contribution in [3.63, 3.8) is 0 Å². The standard InChI is InChI=1S/C55H67F2N9O7/c56-46-15-10-36(33-48-42-8-4-5-9-43(42)52(69)60-59-48)32-45(46)54(71)66-30-26-63(27-31-66)49(67)35-61-20-16-40(17-21-61)73-41-18-22-64(23-19-41)55(72)50(37-6-2-1-3-7-37)58-51(68)44-14-13-39(34-47(44)57)62-24-28-65(29-25-62)53(70)38-11-12-38/h4-5,8-10,13-15,32,34,37-38,40-41,50H,1-3,6-7,11-12,16-31,33,35H2,(H,58,68)(H,60,69)/t50-/m1/s1. The number of anilines is 1. The largest absolute Gasteiger partial charge is 0.375 e. The highest BCUT2D eigenvalue weighted by atomic mass is 19.1. The van der Waals surface area contributed by atoms with Crippen LogP contribution in [-0.2, 0) is 25.5 Å². The number of carbonyl (C=O) groups is 5. The van der Waals surface area contributed by atoms with Crippen molar-refractivity contribution in [3.05, 3.63) is 105 Å². The van der Waals surface area contributed by atoms with Gasteiger partial charge in [-0.3, -0.25) is 33.7 Å². The monoisotopic (exact) mass is 1000 g/mol. The number of halogens is 2. The van der Waals surface area contributed by atoms with Gasteiger partial charge in [0.05, 0.1) is 41.0 Å². The van der Waals surface area contributed by atoms with Crippen LogP contribution in [0.25, 0.3) is 10.8 Å². The average molecular weight is 1000 g/mol. The molecule has 6 fully saturated rings. The predicted molar refractivity (Wildman–Crippen MR) is 270 cm³/mol. The first-order chi connectivity index (χ1) is 35.4. The van der Waals surface area contributed by atoms with Gasteiger partial charge in [-0.2, -0.15) is 5.10 Å². The Kier molecular flexibility index (Phi) is 15.5. The van der Waals surface area contributed by atoms with Crippen LogP contribution in [0.4, 0.5) is 14.5 Å². The first-order valence-electron chi connectivity index (χ1n) is 26.6. The maximum Gasteiger partial charge on any atom is 0.272 e. The maximum atomic E-state index is 15.7. The third-order valence-electron chi connectivity index (χ3n) is 16.1. The van der Waals surface area contributed by atoms with Crippen molar-refractivity contribution in [3.8, 4) is 0 Å². The number of piperidine rings is 2. The van der Waals surface area contributed by atoms with E-state index in [0.29, 0.717) is 112 Å². The highest BCUT2D eigenvalue weighted by molar-refractivity contribution is 5.98. The number of ether oxygens (including phenoxy) is 1. The number of rotatable bonds is 13. The SMILES string of the molecule is O=C(N[C@@H](C(=O)N1CCC(OC2CCN(CC(=O)N3CCN(C(=O)c4cc(Cc5n[nH]c(=O)c6ccccc56)ccc4F)CC3)CC2)CC1)C1CCCCC1)c1ccc(N2CCN(C(=O)C3CC3)CC2)cc1F. The molecule has 18 heteroatoms. The van der Waals surface area contributed by atoms with Crippen LogP contribution in [0.2, 0.25) is 0 Å². The van der Waals surface area contributed by atoms with Gasteiger partial charge < -0.3 is 34.6 Å². The van der Waals surface area contributed by atoms with Crippen LogP contribution < -0.4 is 15.8 Å². The van der Waals surface area contributed by atoms with Gasteiger partial charge in [0.25, 0.3) is 17.4 Å². The maximum absolute atomic E-state index is 15.7. The lowest BCUT2D eigenvalue weighted by molar-refractivity contribution is -0.140. The van der Waals surface area contributed by atoms with Gasteiger partial charge in [-0.15, -0.1) is 0 Å². The van der Waals surface area contributed by atoms with E-state index in [-0.39, 0.29) is 78.1 Å². The molecule has 73 heavy (non-hydrogen) atoms. The summed E-state index contributed by atoms with van der Waals surface area (Å²) in [7, 11) is 0. The third-order valence-corrected chi connectivity index (χ3v) is 16.1. The molecule has 0 unspecified atom stereocenters. The van der Waals surface area contributed by atoms with Crippen molar-refractivity contribution in [1.82, 2.24) is 40.0 Å². The van der Waals surface area contributed by atoms with Gasteiger partial charge >= 0.3 is 0 Å². The number of piperazine rings is 2. The summed E-state index contributed by atoms with van der Waals surface area (Å²) in [6.07, 6.45) is 9.86. The molecule has 1 atom stereocenters. The number of H-pyrrole nitrogens is 1. The van der Waals surface area contributed by atoms with Crippen molar-refractivity contribution in [2.45, 2.75) is 95.3 Å². The van der Waals surface area contributed by atoms with Crippen LogP contribution in [0.3, 0.4) is 0 Å². The Bertz CT molecular complexity index is 2730. The molecule has 4 aromatic rings. The second kappa shape index (κ2) is 22.5. The number of hydrogen-bond donors (Lipinski definition) is 2. The van der Waals surface area contributed by atoms with Crippen LogP contribution in [-0.4, -0.2) is 168 Å². The molecule has 16 nitrogen and oxygen atoms in total. The molecule has 2 saturated carbocycles. The molecule has 0 radical (unpaired) electrons. The fraction of sp³-hybridized carbons (Fsp3) is 0.545. The molecule has 0 bridgehead atoms. The Hall–Kier alpha value is -6.27. The summed E-state index contributed by atoms with van der Waals surface area (Å²) in [6, 6.07) is 15.5. The van der Waals surface area contributed by atoms with E-state index < -0.39 is 29.5 Å². The molecule has 3 aromatic carbocycles. The van der Waals surface area contributed by atoms with Crippen molar-refractivity contribution < 1.29 is 37.5 Å². The Morgan fingerprint density at radius 3 is 2.00 bits per heavy atom. The molecule has 2 N–H and O–H groups in total. The normalized spacial score (nSPS) is 20.3. The van der Waals surface area contributed by atoms with Gasteiger partial charge in [0, 0.05) is 102 Å². The van der Waals surface area contributed by atoms with E-state index in [4.69, 9.17) is 4.74 Å². The van der Waals surface area contributed by atoms with E-state index in [2.05, 4.69) is 20.4 Å². The van der Waals surface area contributed by atoms with E-state index in [1.165, 1.54) is 18.2 Å². The van der Waals surface area contributed by atoms with Crippen molar-refractivity contribution in [2.24, 2.45) is 11.8 Å². The van der Waals surface area contributed by atoms with E-state index in [1.54, 1.807) is 40.1 Å². The summed E-state index contributed by atoms with van der Waals surface area (Å²) >= 11 is 0. The minimum atomic E-state index is -0.742. The van der Waals surface area contributed by atoms with Crippen LogP contribution in [0.5, 0.6) is 0 Å². The Morgan fingerprint density at radius 1 is 0.658 bits per heavy atom. The highest BCUT2D eigenvalue weighted by Crippen LogP contribution is 2.33. The van der Waals surface area contributed by atoms with Crippen LogP contribution in [0.1, 0.15) is 103 Å². The Morgan fingerprint density at radius 2 is 1.32 bits per heavy atom. The minimum absolute atomic E-state index is 0.00759. The van der Waals surface area contributed by atoms with Gasteiger partial charge in [0.15, 0.2) is 0 Å². The third kappa shape index (κ3) is 11.8. The molecular formula is C55H67F2N9O7. The number of carbonyl (C=O) groups excluding carboxylic acids is 5. The molecule has 388 valence electrons. The zero-order chi connectivity index (χ0) is 50.6. The van der Waals surface area contributed by atoms with Gasteiger partial charge in [-0.05, 0) is 99.2 Å². The zero-order valence-electron chi connectivity index (χ0n) is 41.6. The number of likely N-dealkylation sites (tertiary alicyclic amines) is 2. The Labute approximate surface area is 424 Å². The summed E-state index contributed by atoms with van der Waals surface area (Å²) in [6.45, 7) is 6.36. The Balaban J connectivity index is 0.652. The van der Waals surface area contributed by atoms with E-state index in [1.807, 2.05) is 26.8 Å². The summed E-state index contributed by atoms with van der Waals surface area (Å²) in [5.41, 5.74) is 1.55. The first-order valence-corrected chi connectivity index (χ1v) is 26.6. The molecule has 1 aromatic heterocycles. The van der Waals surface area contributed by atoms with Crippen LogP contribution >= 0.6 is 0 Å². The number of fused-ring (bicyclic) bond motifs is 1. The molecular weight excluding hydrogens is 937 g/mol. The number of aromatic nitrogens is 2. The molecule has 6 aliphatic rings. The predicted octanol–water partition coefficient (Wildman–Crippen LogP) is 4.99. The lowest BCUT2D eigenvalue weighted by atomic mass is 9.83. The van der Waals surface area contributed by atoms with E-state index in [9.17, 15) is 28.8 Å². The van der Waals surface area contributed by atoms with Crippen LogP contribution in [0, 0.1) is 23.5 Å². The average Bonchev–Trinajstić information content (AvgIpc) is 4.28. The lowest BCUT2D eigenvalue weighted by Gasteiger charge is -2.40. The lowest BCUT2D eigenvalue weighted by Crippen LogP contribution is -2.55. The topological polar surface area (TPSA) is 172 Å². The smallest absolute Gasteiger partial charge is 0.272 e. The molecule has 4 saturated heterocycles. The second-order valence-corrected chi connectivity index (χ2v) is 20.9. The van der Waals surface area contributed by atoms with Gasteiger partial charge in [-0.25, -0.2) is 13.9 Å². The fourth-order valence-electron chi connectivity index (χ4n) is 11.6. The molecule has 10 rings (SSSR count). The second-order valence-electron chi connectivity index (χ2n) is 20.9. The zero-order valence-corrected chi connectivity index (χ0v) is 41.6. The van der Waals surface area contributed by atoms with E-state index in [0.717, 1.165) is 57.8 Å². The highest BCUT2D eigenvalue weighted by Gasteiger charge is 2.38. The number of nitrogens with one attached hydrogen (secondary N) is 2. The van der Waals surface area contributed by atoms with Crippen LogP contribution in [0.15, 0.2) is 65.5 Å². The molecule has 5 amide bonds. The van der Waals surface area contributed by atoms with Gasteiger partial charge in [0.2, 0.25) is 17.7 Å². The summed E-state index contributed by atoms with van der Waals surface area (Å²) in [4.78, 5) is 91.1. The molecule has 2 aliphatic carbocycles. The number of benzene rings is 3. The summed E-state index contributed by atoms with van der Waals surface area (Å²) < 4.78 is 37.4. The fourth-order valence-corrected chi connectivity index (χ4v) is 11.6. The molecule has 4 aliphatic heterocycles. The van der Waals surface area contributed by atoms with Crippen molar-refractivity contribution >= 4 is 46.0 Å². The quantitative estimate of drug-likeness (QED) is 0.186. The molecule has 0 spiro atoms. The number of hydrogen-bond acceptors (Lipinski definition) is 10. The molecule has 5 heterocycles. The van der Waals surface area contributed by atoms with Crippen molar-refractivity contribution in [2.75, 3.05) is 90.0 Å². The van der Waals surface area contributed by atoms with E-state index >= 15 is 8.78 Å². The number of aromatic amines is 1. The number of nitrogens with zero attached hydrogens (tertiary/aromatic N) is 7. The minimum Gasteiger partial charge on any atom is -0.375 e. The number of amides is 5. The van der Waals surface area contributed by atoms with Gasteiger partial charge in [0.1, 0.15) is 17.7 Å². The summed E-state index contributed by atoms with van der Waals surface area (Å²) in [5.74, 6) is -2.03. The van der Waals surface area contributed by atoms with Crippen molar-refractivity contribution in [1.29, 1.82) is 0 Å².